The average Bonchev–Trinajstić information content (AvgIpc) is 2.83. The predicted molar refractivity (Wildman–Crippen MR) is 89.7 cm³/mol. The van der Waals surface area contributed by atoms with E-state index in [4.69, 9.17) is 0 Å². The number of anilines is 1. The van der Waals surface area contributed by atoms with E-state index in [0.29, 0.717) is 6.04 Å². The van der Waals surface area contributed by atoms with Gasteiger partial charge < -0.3 is 9.80 Å². The Kier molecular flexibility index (Phi) is 5.59. The molecule has 4 nitrogen and oxygen atoms in total. The molecule has 1 aliphatic heterocycles. The van der Waals surface area contributed by atoms with Crippen molar-refractivity contribution in [3.05, 3.63) is 23.9 Å². The number of likely N-dealkylation sites (tertiary alicyclic amines) is 1. The van der Waals surface area contributed by atoms with Crippen LogP contribution in [0, 0.1) is 5.92 Å². The van der Waals surface area contributed by atoms with Gasteiger partial charge in [0.25, 0.3) is 0 Å². The minimum atomic E-state index is 0.693. The maximum Gasteiger partial charge on any atom is 0.127 e. The van der Waals surface area contributed by atoms with Gasteiger partial charge in [-0.2, -0.15) is 0 Å². The number of aromatic nitrogens is 1. The third kappa shape index (κ3) is 4.17. The Morgan fingerprint density at radius 1 is 1.19 bits per heavy atom. The molecule has 0 radical (unpaired) electrons. The molecule has 1 saturated heterocycles. The summed E-state index contributed by atoms with van der Waals surface area (Å²) in [5.74, 6) is 1.83. The minimum absolute atomic E-state index is 0.693. The lowest BCUT2D eigenvalue weighted by molar-refractivity contribution is 0.239. The van der Waals surface area contributed by atoms with Crippen LogP contribution in [0.5, 0.6) is 0 Å². The molecule has 4 heteroatoms. The lowest BCUT2D eigenvalue weighted by Crippen LogP contribution is -2.35. The molecule has 0 amide bonds. The summed E-state index contributed by atoms with van der Waals surface area (Å²) in [5, 5.41) is 0. The second kappa shape index (κ2) is 7.23. The van der Waals surface area contributed by atoms with E-state index in [1.807, 2.05) is 25.2 Å². The Bertz CT molecular complexity index is 427. The van der Waals surface area contributed by atoms with Crippen LogP contribution in [-0.4, -0.2) is 62.1 Å². The fraction of sp³-hybridized carbons (Fsp3) is 0.706. The van der Waals surface area contributed by atoms with E-state index in [-0.39, 0.29) is 0 Å². The molecule has 21 heavy (non-hydrogen) atoms. The maximum absolute atomic E-state index is 4.52. The number of likely N-dealkylation sites (N-methyl/N-ethyl adjacent to an activating group) is 1. The predicted octanol–water partition coefficient (Wildman–Crippen LogP) is 2.31. The number of rotatable bonds is 6. The van der Waals surface area contributed by atoms with Crippen molar-refractivity contribution in [2.45, 2.75) is 32.4 Å². The van der Waals surface area contributed by atoms with Gasteiger partial charge in [0.05, 0.1) is 0 Å². The van der Waals surface area contributed by atoms with Gasteiger partial charge in [0, 0.05) is 46.0 Å². The summed E-state index contributed by atoms with van der Waals surface area (Å²) in [6.07, 6.45) is 4.63. The number of nitrogens with zero attached hydrogens (tertiary/aromatic N) is 4. The monoisotopic (exact) mass is 290 g/mol. The molecule has 0 aliphatic carbocycles. The molecule has 0 unspecified atom stereocenters. The van der Waals surface area contributed by atoms with Gasteiger partial charge in [-0.05, 0) is 38.1 Å². The largest absolute Gasteiger partial charge is 0.363 e. The van der Waals surface area contributed by atoms with Crippen molar-refractivity contribution in [2.75, 3.05) is 46.2 Å². The second-order valence-electron chi connectivity index (χ2n) is 6.69. The van der Waals surface area contributed by atoms with Gasteiger partial charge >= 0.3 is 0 Å². The molecule has 1 aromatic heterocycles. The van der Waals surface area contributed by atoms with E-state index in [1.54, 1.807) is 0 Å². The van der Waals surface area contributed by atoms with Crippen LogP contribution in [0.3, 0.4) is 0 Å². The zero-order valence-corrected chi connectivity index (χ0v) is 14.2. The quantitative estimate of drug-likeness (QED) is 0.802. The zero-order chi connectivity index (χ0) is 15.4. The van der Waals surface area contributed by atoms with Crippen LogP contribution < -0.4 is 4.90 Å². The van der Waals surface area contributed by atoms with Crippen molar-refractivity contribution < 1.29 is 0 Å². The fourth-order valence-corrected chi connectivity index (χ4v) is 3.34. The molecular weight excluding hydrogens is 260 g/mol. The number of hydrogen-bond donors (Lipinski definition) is 0. The zero-order valence-electron chi connectivity index (χ0n) is 14.2. The Morgan fingerprint density at radius 2 is 1.95 bits per heavy atom. The molecule has 1 aliphatic rings. The first-order valence-corrected chi connectivity index (χ1v) is 8.02. The topological polar surface area (TPSA) is 22.6 Å². The first kappa shape index (κ1) is 16.2. The van der Waals surface area contributed by atoms with Gasteiger partial charge in [-0.1, -0.05) is 19.4 Å². The van der Waals surface area contributed by atoms with Crippen LogP contribution in [0.25, 0.3) is 0 Å². The normalized spacial score (nSPS) is 23.0. The SMILES string of the molecule is CCC[C@@H]1CN(Cc2ccc(N(C)C)nc2)C[C@H]1N(C)C. The molecule has 2 heterocycles. The third-order valence-electron chi connectivity index (χ3n) is 4.48. The Balaban J connectivity index is 1.97. The molecule has 0 bridgehead atoms. The van der Waals surface area contributed by atoms with E-state index >= 15 is 0 Å². The van der Waals surface area contributed by atoms with Crippen LogP contribution in [0.4, 0.5) is 5.82 Å². The highest BCUT2D eigenvalue weighted by Crippen LogP contribution is 2.26. The smallest absolute Gasteiger partial charge is 0.127 e. The van der Waals surface area contributed by atoms with E-state index in [9.17, 15) is 0 Å². The molecule has 2 rings (SSSR count). The van der Waals surface area contributed by atoms with Crippen molar-refractivity contribution in [3.8, 4) is 0 Å². The molecular formula is C17H30N4. The number of pyridine rings is 1. The molecule has 0 saturated carbocycles. The van der Waals surface area contributed by atoms with Crippen LogP contribution in [0.2, 0.25) is 0 Å². The molecule has 118 valence electrons. The Morgan fingerprint density at radius 3 is 2.48 bits per heavy atom. The first-order chi connectivity index (χ1) is 10.0. The van der Waals surface area contributed by atoms with Gasteiger partial charge in [0.1, 0.15) is 5.82 Å². The summed E-state index contributed by atoms with van der Waals surface area (Å²) in [6.45, 7) is 5.70. The Labute approximate surface area is 129 Å². The maximum atomic E-state index is 4.52. The summed E-state index contributed by atoms with van der Waals surface area (Å²) < 4.78 is 0. The summed E-state index contributed by atoms with van der Waals surface area (Å²) >= 11 is 0. The van der Waals surface area contributed by atoms with Crippen molar-refractivity contribution in [1.29, 1.82) is 0 Å². The van der Waals surface area contributed by atoms with Gasteiger partial charge in [-0.3, -0.25) is 4.90 Å². The highest BCUT2D eigenvalue weighted by molar-refractivity contribution is 5.37. The van der Waals surface area contributed by atoms with Crippen molar-refractivity contribution >= 4 is 5.82 Å². The Hall–Kier alpha value is -1.13. The van der Waals surface area contributed by atoms with Crippen molar-refractivity contribution in [1.82, 2.24) is 14.8 Å². The van der Waals surface area contributed by atoms with Gasteiger partial charge in [-0.25, -0.2) is 4.98 Å². The van der Waals surface area contributed by atoms with Crippen molar-refractivity contribution in [2.24, 2.45) is 5.92 Å². The van der Waals surface area contributed by atoms with Gasteiger partial charge in [-0.15, -0.1) is 0 Å². The summed E-state index contributed by atoms with van der Waals surface area (Å²) in [6, 6.07) is 5.01. The molecule has 2 atom stereocenters. The minimum Gasteiger partial charge on any atom is -0.363 e. The second-order valence-corrected chi connectivity index (χ2v) is 6.69. The van der Waals surface area contributed by atoms with Crippen molar-refractivity contribution in [3.63, 3.8) is 0 Å². The van der Waals surface area contributed by atoms with E-state index < -0.39 is 0 Å². The van der Waals surface area contributed by atoms with Gasteiger partial charge in [0.2, 0.25) is 0 Å². The summed E-state index contributed by atoms with van der Waals surface area (Å²) in [5.41, 5.74) is 1.32. The number of hydrogen-bond acceptors (Lipinski definition) is 4. The molecule has 0 aromatic carbocycles. The van der Waals surface area contributed by atoms with E-state index in [1.165, 1.54) is 31.5 Å². The fourth-order valence-electron chi connectivity index (χ4n) is 3.34. The highest BCUT2D eigenvalue weighted by Gasteiger charge is 2.33. The van der Waals surface area contributed by atoms with Crippen LogP contribution in [0.1, 0.15) is 25.3 Å². The van der Waals surface area contributed by atoms with E-state index in [2.05, 4.69) is 47.9 Å². The van der Waals surface area contributed by atoms with Gasteiger partial charge in [0.15, 0.2) is 0 Å². The average molecular weight is 290 g/mol. The standard InChI is InChI=1S/C17H30N4/c1-6-7-15-12-21(13-16(15)19(2)3)11-14-8-9-17(18-10-14)20(4)5/h8-10,15-16H,6-7,11-13H2,1-5H3/t15-,16-/m1/s1. The summed E-state index contributed by atoms with van der Waals surface area (Å²) in [7, 11) is 8.48. The van der Waals surface area contributed by atoms with Crippen LogP contribution in [-0.2, 0) is 6.54 Å². The summed E-state index contributed by atoms with van der Waals surface area (Å²) in [4.78, 5) is 11.5. The lowest BCUT2D eigenvalue weighted by Gasteiger charge is -2.24. The van der Waals surface area contributed by atoms with Crippen LogP contribution in [0.15, 0.2) is 18.3 Å². The molecule has 0 spiro atoms. The third-order valence-corrected chi connectivity index (χ3v) is 4.48. The molecule has 0 N–H and O–H groups in total. The molecule has 1 fully saturated rings. The van der Waals surface area contributed by atoms with E-state index in [0.717, 1.165) is 18.3 Å². The molecule has 1 aromatic rings. The first-order valence-electron chi connectivity index (χ1n) is 8.02. The highest BCUT2D eigenvalue weighted by atomic mass is 15.2. The van der Waals surface area contributed by atoms with Crippen LogP contribution >= 0.6 is 0 Å². The lowest BCUT2D eigenvalue weighted by atomic mass is 9.98.